The molecule has 0 aliphatic heterocycles. The monoisotopic (exact) mass is 270 g/mol. The Morgan fingerprint density at radius 3 is 2.55 bits per heavy atom. The number of hydrogen-bond acceptors (Lipinski definition) is 3. The van der Waals surface area contributed by atoms with Crippen LogP contribution in [0.5, 0.6) is 0 Å². The summed E-state index contributed by atoms with van der Waals surface area (Å²) >= 11 is 0. The molecule has 2 aromatic rings. The van der Waals surface area contributed by atoms with Gasteiger partial charge >= 0.3 is 0 Å². The lowest BCUT2D eigenvalue weighted by molar-refractivity contribution is -0.384. The number of nitro groups is 1. The molecule has 0 aromatic heterocycles. The molecule has 2 aromatic carbocycles. The first kappa shape index (κ1) is 14.1. The molecule has 20 heavy (non-hydrogen) atoms. The van der Waals surface area contributed by atoms with Crippen molar-refractivity contribution in [2.75, 3.05) is 11.9 Å². The summed E-state index contributed by atoms with van der Waals surface area (Å²) < 4.78 is 0. The van der Waals surface area contributed by atoms with Crippen LogP contribution in [0.3, 0.4) is 0 Å². The van der Waals surface area contributed by atoms with Gasteiger partial charge in [0.2, 0.25) is 0 Å². The second-order valence-corrected chi connectivity index (χ2v) is 4.95. The zero-order valence-corrected chi connectivity index (χ0v) is 11.7. The predicted molar refractivity (Wildman–Crippen MR) is 81.2 cm³/mol. The Morgan fingerprint density at radius 1 is 1.20 bits per heavy atom. The van der Waals surface area contributed by atoms with Gasteiger partial charge in [-0.05, 0) is 24.0 Å². The van der Waals surface area contributed by atoms with Crippen molar-refractivity contribution in [1.29, 1.82) is 0 Å². The Kier molecular flexibility index (Phi) is 4.35. The van der Waals surface area contributed by atoms with E-state index in [1.54, 1.807) is 12.1 Å². The summed E-state index contributed by atoms with van der Waals surface area (Å²) in [7, 11) is 0. The third-order valence-corrected chi connectivity index (χ3v) is 3.40. The van der Waals surface area contributed by atoms with E-state index in [-0.39, 0.29) is 10.6 Å². The van der Waals surface area contributed by atoms with Crippen molar-refractivity contribution in [3.8, 4) is 0 Å². The van der Waals surface area contributed by atoms with Crippen molar-refractivity contribution >= 4 is 11.4 Å². The molecule has 0 aliphatic carbocycles. The molecule has 4 heteroatoms. The van der Waals surface area contributed by atoms with Crippen LogP contribution in [-0.2, 0) is 0 Å². The summed E-state index contributed by atoms with van der Waals surface area (Å²) in [5.74, 6) is 0.342. The zero-order chi connectivity index (χ0) is 14.5. The Hall–Kier alpha value is -2.36. The molecule has 0 radical (unpaired) electrons. The first-order valence-electron chi connectivity index (χ1n) is 6.62. The average Bonchev–Trinajstić information content (AvgIpc) is 2.46. The highest BCUT2D eigenvalue weighted by atomic mass is 16.6. The Morgan fingerprint density at radius 2 is 1.90 bits per heavy atom. The van der Waals surface area contributed by atoms with Gasteiger partial charge in [0.1, 0.15) is 0 Å². The van der Waals surface area contributed by atoms with Crippen LogP contribution in [0.2, 0.25) is 0 Å². The van der Waals surface area contributed by atoms with Crippen LogP contribution in [-0.4, -0.2) is 11.5 Å². The molecule has 0 heterocycles. The molecule has 2 rings (SSSR count). The van der Waals surface area contributed by atoms with Crippen LogP contribution in [0.1, 0.15) is 24.0 Å². The molecule has 1 atom stereocenters. The summed E-state index contributed by atoms with van der Waals surface area (Å²) in [4.78, 5) is 10.4. The number of non-ortho nitro benzene ring substituents is 1. The highest BCUT2D eigenvalue weighted by Crippen LogP contribution is 2.23. The highest BCUT2D eigenvalue weighted by Gasteiger charge is 2.10. The van der Waals surface area contributed by atoms with Gasteiger partial charge in [-0.3, -0.25) is 10.1 Å². The average molecular weight is 270 g/mol. The fraction of sp³-hybridized carbons (Fsp3) is 0.250. The van der Waals surface area contributed by atoms with E-state index < -0.39 is 0 Å². The number of benzene rings is 2. The number of aryl methyl sites for hydroxylation is 1. The van der Waals surface area contributed by atoms with E-state index in [1.807, 2.05) is 25.1 Å². The Labute approximate surface area is 118 Å². The molecule has 0 spiro atoms. The molecule has 0 amide bonds. The molecule has 0 bridgehead atoms. The number of nitrogens with one attached hydrogen (secondary N) is 1. The summed E-state index contributed by atoms with van der Waals surface area (Å²) in [6, 6.07) is 15.1. The maximum absolute atomic E-state index is 10.8. The van der Waals surface area contributed by atoms with E-state index in [1.165, 1.54) is 11.6 Å². The predicted octanol–water partition coefficient (Wildman–Crippen LogP) is 4.12. The number of hydrogen-bond donors (Lipinski definition) is 1. The number of rotatable bonds is 5. The molecule has 0 aliphatic rings. The van der Waals surface area contributed by atoms with E-state index in [0.717, 1.165) is 17.8 Å². The third kappa shape index (κ3) is 3.35. The van der Waals surface area contributed by atoms with E-state index in [0.29, 0.717) is 5.92 Å². The van der Waals surface area contributed by atoms with Crippen molar-refractivity contribution in [2.24, 2.45) is 0 Å². The van der Waals surface area contributed by atoms with E-state index in [9.17, 15) is 10.1 Å². The third-order valence-electron chi connectivity index (χ3n) is 3.40. The van der Waals surface area contributed by atoms with Crippen molar-refractivity contribution in [1.82, 2.24) is 0 Å². The minimum absolute atomic E-state index is 0.116. The van der Waals surface area contributed by atoms with Gasteiger partial charge in [0.05, 0.1) is 4.92 Å². The first-order valence-corrected chi connectivity index (χ1v) is 6.62. The fourth-order valence-corrected chi connectivity index (χ4v) is 2.08. The van der Waals surface area contributed by atoms with Crippen LogP contribution >= 0.6 is 0 Å². The normalized spacial score (nSPS) is 11.9. The minimum atomic E-state index is -0.370. The molecular weight excluding hydrogens is 252 g/mol. The maximum atomic E-state index is 10.8. The second kappa shape index (κ2) is 6.19. The van der Waals surface area contributed by atoms with Gasteiger partial charge in [0, 0.05) is 24.4 Å². The quantitative estimate of drug-likeness (QED) is 0.656. The van der Waals surface area contributed by atoms with Crippen LogP contribution < -0.4 is 5.32 Å². The minimum Gasteiger partial charge on any atom is -0.384 e. The zero-order valence-electron chi connectivity index (χ0n) is 11.7. The number of anilines is 1. The number of nitrogens with zero attached hydrogens (tertiary/aromatic N) is 1. The molecule has 1 N–H and O–H groups in total. The summed E-state index contributed by atoms with van der Waals surface area (Å²) in [6.45, 7) is 4.82. The van der Waals surface area contributed by atoms with Gasteiger partial charge in [-0.15, -0.1) is 0 Å². The molecule has 4 nitrogen and oxygen atoms in total. The molecule has 1 unspecified atom stereocenters. The van der Waals surface area contributed by atoms with E-state index in [2.05, 4.69) is 24.4 Å². The lowest BCUT2D eigenvalue weighted by Crippen LogP contribution is -2.10. The van der Waals surface area contributed by atoms with Crippen LogP contribution in [0.25, 0.3) is 0 Å². The highest BCUT2D eigenvalue weighted by molar-refractivity contribution is 5.57. The molecule has 0 fully saturated rings. The van der Waals surface area contributed by atoms with Gasteiger partial charge in [-0.1, -0.05) is 43.3 Å². The van der Waals surface area contributed by atoms with Gasteiger partial charge in [0.25, 0.3) is 5.69 Å². The van der Waals surface area contributed by atoms with Gasteiger partial charge in [0.15, 0.2) is 0 Å². The summed E-state index contributed by atoms with van der Waals surface area (Å²) in [6.07, 6.45) is 0. The summed E-state index contributed by atoms with van der Waals surface area (Å²) in [5.41, 5.74) is 3.20. The Bertz CT molecular complexity index is 597. The van der Waals surface area contributed by atoms with Crippen LogP contribution in [0.4, 0.5) is 11.4 Å². The topological polar surface area (TPSA) is 55.2 Å². The molecule has 0 saturated heterocycles. The van der Waals surface area contributed by atoms with Crippen molar-refractivity contribution < 1.29 is 4.92 Å². The fourth-order valence-electron chi connectivity index (χ4n) is 2.08. The molecule has 104 valence electrons. The smallest absolute Gasteiger partial charge is 0.271 e. The molecule has 0 saturated carbocycles. The SMILES string of the molecule is Cc1ccc([N+](=O)[O-])cc1NCC(C)c1ccccc1. The second-order valence-electron chi connectivity index (χ2n) is 4.95. The Balaban J connectivity index is 2.07. The van der Waals surface area contributed by atoms with Crippen LogP contribution in [0.15, 0.2) is 48.5 Å². The maximum Gasteiger partial charge on any atom is 0.271 e. The first-order chi connectivity index (χ1) is 9.58. The largest absolute Gasteiger partial charge is 0.384 e. The van der Waals surface area contributed by atoms with Gasteiger partial charge in [-0.2, -0.15) is 0 Å². The van der Waals surface area contributed by atoms with Crippen molar-refractivity contribution in [3.63, 3.8) is 0 Å². The lowest BCUT2D eigenvalue weighted by atomic mass is 10.0. The number of nitro benzene ring substituents is 1. The van der Waals surface area contributed by atoms with E-state index in [4.69, 9.17) is 0 Å². The van der Waals surface area contributed by atoms with Crippen molar-refractivity contribution in [3.05, 3.63) is 69.8 Å². The molecular formula is C16H18N2O2. The standard InChI is InChI=1S/C16H18N2O2/c1-12-8-9-15(18(19)20)10-16(12)17-11-13(2)14-6-4-3-5-7-14/h3-10,13,17H,11H2,1-2H3. The van der Waals surface area contributed by atoms with Crippen LogP contribution in [0, 0.1) is 17.0 Å². The van der Waals surface area contributed by atoms with Crippen molar-refractivity contribution in [2.45, 2.75) is 19.8 Å². The lowest BCUT2D eigenvalue weighted by Gasteiger charge is -2.15. The summed E-state index contributed by atoms with van der Waals surface area (Å²) in [5, 5.41) is 14.1. The van der Waals surface area contributed by atoms with Gasteiger partial charge < -0.3 is 5.32 Å². The van der Waals surface area contributed by atoms with E-state index >= 15 is 0 Å². The van der Waals surface area contributed by atoms with Gasteiger partial charge in [-0.25, -0.2) is 0 Å².